The maximum Gasteiger partial charge on any atom is 0.269 e. The second-order valence-electron chi connectivity index (χ2n) is 7.64. The zero-order valence-corrected chi connectivity index (χ0v) is 17.7. The number of nitrogens with zero attached hydrogens (tertiary/aromatic N) is 3. The number of morpholine rings is 1. The molecule has 2 amide bonds. The zero-order chi connectivity index (χ0) is 22.7. The molecule has 0 spiro atoms. The first-order valence-electron chi connectivity index (χ1n) is 10.4. The van der Waals surface area contributed by atoms with Crippen molar-refractivity contribution >= 4 is 28.9 Å². The SMILES string of the molecule is CC1Oc2cc(NC(=O)c3ccc([N+](=O)[O-])cc3)ccc2N(CCN2CCOCC2)C1=O. The van der Waals surface area contributed by atoms with Crippen LogP contribution in [0, 0.1) is 10.1 Å². The van der Waals surface area contributed by atoms with Crippen LogP contribution in [0.1, 0.15) is 17.3 Å². The number of anilines is 2. The lowest BCUT2D eigenvalue weighted by Gasteiger charge is -2.35. The second kappa shape index (κ2) is 9.33. The quantitative estimate of drug-likeness (QED) is 0.541. The van der Waals surface area contributed by atoms with Crippen molar-refractivity contribution in [2.45, 2.75) is 13.0 Å². The van der Waals surface area contributed by atoms with Crippen LogP contribution in [0.15, 0.2) is 42.5 Å². The van der Waals surface area contributed by atoms with Crippen LogP contribution < -0.4 is 15.0 Å². The van der Waals surface area contributed by atoms with E-state index < -0.39 is 16.9 Å². The van der Waals surface area contributed by atoms with Crippen LogP contribution in [-0.4, -0.2) is 67.1 Å². The van der Waals surface area contributed by atoms with Gasteiger partial charge in [0.1, 0.15) is 5.75 Å². The number of nitro groups is 1. The van der Waals surface area contributed by atoms with Gasteiger partial charge in [0.05, 0.1) is 23.8 Å². The molecule has 0 saturated carbocycles. The Labute approximate surface area is 184 Å². The van der Waals surface area contributed by atoms with Gasteiger partial charge < -0.3 is 19.7 Å². The minimum Gasteiger partial charge on any atom is -0.479 e. The molecule has 2 aromatic rings. The van der Waals surface area contributed by atoms with E-state index in [1.165, 1.54) is 24.3 Å². The number of hydrogen-bond acceptors (Lipinski definition) is 7. The molecule has 10 nitrogen and oxygen atoms in total. The molecule has 1 saturated heterocycles. The van der Waals surface area contributed by atoms with Crippen LogP contribution in [0.4, 0.5) is 17.1 Å². The Hall–Kier alpha value is -3.50. The molecule has 2 heterocycles. The maximum atomic E-state index is 12.7. The maximum absolute atomic E-state index is 12.7. The van der Waals surface area contributed by atoms with Crippen molar-refractivity contribution in [3.05, 3.63) is 58.1 Å². The van der Waals surface area contributed by atoms with Crippen molar-refractivity contribution in [2.75, 3.05) is 49.6 Å². The number of carbonyl (C=O) groups is 2. The van der Waals surface area contributed by atoms with Crippen molar-refractivity contribution in [2.24, 2.45) is 0 Å². The summed E-state index contributed by atoms with van der Waals surface area (Å²) in [6.45, 7) is 6.05. The summed E-state index contributed by atoms with van der Waals surface area (Å²) in [6.07, 6.45) is -0.632. The van der Waals surface area contributed by atoms with Gasteiger partial charge in [0.2, 0.25) is 0 Å². The smallest absolute Gasteiger partial charge is 0.269 e. The summed E-state index contributed by atoms with van der Waals surface area (Å²) in [4.78, 5) is 39.5. The first-order chi connectivity index (χ1) is 15.4. The number of carbonyl (C=O) groups excluding carboxylic acids is 2. The van der Waals surface area contributed by atoms with Gasteiger partial charge in [-0.15, -0.1) is 0 Å². The highest BCUT2D eigenvalue weighted by Crippen LogP contribution is 2.36. The van der Waals surface area contributed by atoms with Gasteiger partial charge in [0, 0.05) is 55.6 Å². The van der Waals surface area contributed by atoms with Gasteiger partial charge in [-0.3, -0.25) is 24.6 Å². The molecule has 1 atom stereocenters. The van der Waals surface area contributed by atoms with E-state index in [0.29, 0.717) is 42.4 Å². The van der Waals surface area contributed by atoms with E-state index in [2.05, 4.69) is 10.2 Å². The third-order valence-electron chi connectivity index (χ3n) is 5.51. The Bertz CT molecular complexity index is 1020. The van der Waals surface area contributed by atoms with Crippen LogP contribution in [-0.2, 0) is 9.53 Å². The summed E-state index contributed by atoms with van der Waals surface area (Å²) >= 11 is 0. The third-order valence-corrected chi connectivity index (χ3v) is 5.51. The van der Waals surface area contributed by atoms with Crippen LogP contribution in [0.2, 0.25) is 0 Å². The average molecular weight is 440 g/mol. The largest absolute Gasteiger partial charge is 0.479 e. The lowest BCUT2D eigenvalue weighted by Crippen LogP contribution is -2.48. The number of ether oxygens (including phenoxy) is 2. The van der Waals surface area contributed by atoms with Crippen LogP contribution >= 0.6 is 0 Å². The summed E-state index contributed by atoms with van der Waals surface area (Å²) in [6, 6.07) is 10.5. The van der Waals surface area contributed by atoms with Gasteiger partial charge in [-0.25, -0.2) is 0 Å². The van der Waals surface area contributed by atoms with E-state index >= 15 is 0 Å². The fourth-order valence-corrected chi connectivity index (χ4v) is 3.72. The third kappa shape index (κ3) is 4.71. The molecule has 0 aromatic heterocycles. The Morgan fingerprint density at radius 1 is 1.16 bits per heavy atom. The normalized spacial score (nSPS) is 18.6. The molecule has 0 bridgehead atoms. The molecule has 1 unspecified atom stereocenters. The number of rotatable bonds is 6. The standard InChI is InChI=1S/C22H24N4O6/c1-15-22(28)25(9-8-24-10-12-31-13-11-24)19-7-4-17(14-20(19)32-15)23-21(27)16-2-5-18(6-3-16)26(29)30/h2-7,14-15H,8-13H2,1H3,(H,23,27). The molecule has 4 rings (SSSR count). The van der Waals surface area contributed by atoms with Crippen LogP contribution in [0.25, 0.3) is 0 Å². The predicted octanol–water partition coefficient (Wildman–Crippen LogP) is 2.29. The van der Waals surface area contributed by atoms with Crippen molar-refractivity contribution in [3.63, 3.8) is 0 Å². The van der Waals surface area contributed by atoms with Crippen molar-refractivity contribution in [1.29, 1.82) is 0 Å². The lowest BCUT2D eigenvalue weighted by molar-refractivity contribution is -0.384. The van der Waals surface area contributed by atoms with E-state index in [0.717, 1.165) is 19.6 Å². The predicted molar refractivity (Wildman–Crippen MR) is 117 cm³/mol. The first-order valence-corrected chi connectivity index (χ1v) is 10.4. The van der Waals surface area contributed by atoms with Gasteiger partial charge >= 0.3 is 0 Å². The Balaban J connectivity index is 1.47. The number of hydrogen-bond donors (Lipinski definition) is 1. The van der Waals surface area contributed by atoms with Crippen molar-refractivity contribution in [3.8, 4) is 5.75 Å². The monoisotopic (exact) mass is 440 g/mol. The molecule has 168 valence electrons. The van der Waals surface area contributed by atoms with Gasteiger partial charge in [-0.2, -0.15) is 0 Å². The summed E-state index contributed by atoms with van der Waals surface area (Å²) < 4.78 is 11.2. The number of nitro benzene ring substituents is 1. The van der Waals surface area contributed by atoms with Crippen molar-refractivity contribution < 1.29 is 24.0 Å². The highest BCUT2D eigenvalue weighted by atomic mass is 16.6. The number of non-ortho nitro benzene ring substituents is 1. The summed E-state index contributed by atoms with van der Waals surface area (Å²) in [5.74, 6) is 0.0120. The number of amides is 2. The Morgan fingerprint density at radius 3 is 2.56 bits per heavy atom. The lowest BCUT2D eigenvalue weighted by atomic mass is 10.1. The van der Waals surface area contributed by atoms with E-state index in [1.54, 1.807) is 30.0 Å². The van der Waals surface area contributed by atoms with Gasteiger partial charge in [0.25, 0.3) is 17.5 Å². The van der Waals surface area contributed by atoms with Crippen LogP contribution in [0.3, 0.4) is 0 Å². The zero-order valence-electron chi connectivity index (χ0n) is 17.7. The minimum absolute atomic E-state index is 0.0837. The van der Waals surface area contributed by atoms with Gasteiger partial charge in [-0.1, -0.05) is 0 Å². The average Bonchev–Trinajstić information content (AvgIpc) is 2.80. The number of nitrogens with one attached hydrogen (secondary N) is 1. The van der Waals surface area contributed by atoms with Crippen molar-refractivity contribution in [1.82, 2.24) is 4.90 Å². The van der Waals surface area contributed by atoms with E-state index in [-0.39, 0.29) is 11.6 Å². The molecule has 2 aliphatic rings. The summed E-state index contributed by atoms with van der Waals surface area (Å²) in [5, 5.41) is 13.5. The minimum atomic E-state index is -0.632. The molecule has 2 aromatic carbocycles. The Kier molecular flexibility index (Phi) is 6.33. The van der Waals surface area contributed by atoms with Gasteiger partial charge in [0.15, 0.2) is 6.10 Å². The highest BCUT2D eigenvalue weighted by Gasteiger charge is 2.32. The van der Waals surface area contributed by atoms with Crippen LogP contribution in [0.5, 0.6) is 5.75 Å². The van der Waals surface area contributed by atoms with E-state index in [4.69, 9.17) is 9.47 Å². The molecule has 1 fully saturated rings. The fraction of sp³-hybridized carbons (Fsp3) is 0.364. The molecular weight excluding hydrogens is 416 g/mol. The molecule has 1 N–H and O–H groups in total. The highest BCUT2D eigenvalue weighted by molar-refractivity contribution is 6.05. The molecule has 2 aliphatic heterocycles. The first kappa shape index (κ1) is 21.7. The Morgan fingerprint density at radius 2 is 1.88 bits per heavy atom. The molecule has 10 heteroatoms. The topological polar surface area (TPSA) is 114 Å². The van der Waals surface area contributed by atoms with E-state index in [9.17, 15) is 19.7 Å². The molecule has 32 heavy (non-hydrogen) atoms. The fourth-order valence-electron chi connectivity index (χ4n) is 3.72. The summed E-state index contributed by atoms with van der Waals surface area (Å²) in [5.41, 5.74) is 1.38. The molecule has 0 aliphatic carbocycles. The number of benzene rings is 2. The molecular formula is C22H24N4O6. The summed E-state index contributed by atoms with van der Waals surface area (Å²) in [7, 11) is 0. The van der Waals surface area contributed by atoms with E-state index in [1.807, 2.05) is 0 Å². The second-order valence-corrected chi connectivity index (χ2v) is 7.64. The molecule has 0 radical (unpaired) electrons. The number of fused-ring (bicyclic) bond motifs is 1. The van der Waals surface area contributed by atoms with Gasteiger partial charge in [-0.05, 0) is 31.2 Å².